The number of rotatable bonds is 8. The number of anilines is 1. The van der Waals surface area contributed by atoms with Crippen molar-refractivity contribution in [3.05, 3.63) is 51.4 Å². The summed E-state index contributed by atoms with van der Waals surface area (Å²) < 4.78 is 55.7. The molecular weight excluding hydrogens is 593 g/mol. The Hall–Kier alpha value is -3.59. The topological polar surface area (TPSA) is 109 Å². The van der Waals surface area contributed by atoms with Crippen LogP contribution in [0.2, 0.25) is 5.02 Å². The van der Waals surface area contributed by atoms with E-state index in [-0.39, 0.29) is 43.6 Å². The van der Waals surface area contributed by atoms with Crippen molar-refractivity contribution in [1.29, 1.82) is 5.26 Å². The summed E-state index contributed by atoms with van der Waals surface area (Å²) in [5.74, 6) is -2.74. The molecule has 6 rings (SSSR count). The van der Waals surface area contributed by atoms with Gasteiger partial charge in [0.25, 0.3) is 5.92 Å². The largest absolute Gasteiger partial charge is 0.463 e. The van der Waals surface area contributed by atoms with Crippen LogP contribution >= 0.6 is 11.6 Å². The molecular formula is C32H34ClF3N6O2. The molecule has 1 aromatic heterocycles. The highest BCUT2D eigenvalue weighted by molar-refractivity contribution is 6.35. The van der Waals surface area contributed by atoms with Gasteiger partial charge in [-0.25, -0.2) is 13.2 Å². The molecule has 3 aliphatic rings. The lowest BCUT2D eigenvalue weighted by Crippen LogP contribution is -2.36. The monoisotopic (exact) mass is 626 g/mol. The van der Waals surface area contributed by atoms with Crippen molar-refractivity contribution in [2.45, 2.75) is 52.0 Å². The highest BCUT2D eigenvalue weighted by Crippen LogP contribution is 2.60. The third-order valence-corrected chi connectivity index (χ3v) is 9.08. The van der Waals surface area contributed by atoms with Gasteiger partial charge in [-0.1, -0.05) is 31.5 Å². The van der Waals surface area contributed by atoms with E-state index in [1.165, 1.54) is 6.07 Å². The molecule has 0 unspecified atom stereocenters. The Balaban J connectivity index is 1.49. The number of aromatic nitrogens is 2. The van der Waals surface area contributed by atoms with Gasteiger partial charge >= 0.3 is 6.01 Å². The van der Waals surface area contributed by atoms with Crippen molar-refractivity contribution >= 4 is 33.9 Å². The maximum atomic E-state index is 14.9. The second kappa shape index (κ2) is 11.4. The summed E-state index contributed by atoms with van der Waals surface area (Å²) in [5, 5.41) is 14.0. The van der Waals surface area contributed by atoms with Gasteiger partial charge in [-0.3, -0.25) is 0 Å². The Kier molecular flexibility index (Phi) is 7.89. The van der Waals surface area contributed by atoms with Crippen LogP contribution < -0.4 is 20.7 Å². The van der Waals surface area contributed by atoms with Gasteiger partial charge in [0.1, 0.15) is 24.3 Å². The number of halogens is 4. The lowest BCUT2D eigenvalue weighted by Gasteiger charge is -2.25. The summed E-state index contributed by atoms with van der Waals surface area (Å²) in [7, 11) is 0. The predicted octanol–water partition coefficient (Wildman–Crippen LogP) is 5.78. The summed E-state index contributed by atoms with van der Waals surface area (Å²) in [5.41, 5.74) is 8.35. The number of ether oxygens (including phenoxy) is 2. The highest BCUT2D eigenvalue weighted by Gasteiger charge is 2.71. The summed E-state index contributed by atoms with van der Waals surface area (Å²) in [6.07, 6.45) is 0.618. The molecule has 1 atom stereocenters. The number of nitrogens with one attached hydrogen (secondary N) is 1. The number of benzene rings is 2. The fourth-order valence-corrected chi connectivity index (χ4v) is 6.54. The molecule has 3 aromatic rings. The Morgan fingerprint density at radius 1 is 1.23 bits per heavy atom. The van der Waals surface area contributed by atoms with Gasteiger partial charge in [0.05, 0.1) is 23.1 Å². The van der Waals surface area contributed by atoms with Crippen LogP contribution in [0.1, 0.15) is 43.4 Å². The minimum absolute atomic E-state index is 0.0214. The van der Waals surface area contributed by atoms with Crippen LogP contribution in [-0.4, -0.2) is 61.4 Å². The minimum Gasteiger partial charge on any atom is -0.463 e. The van der Waals surface area contributed by atoms with Gasteiger partial charge < -0.3 is 25.4 Å². The quantitative estimate of drug-likeness (QED) is 0.324. The lowest BCUT2D eigenvalue weighted by molar-refractivity contribution is 0.0396. The van der Waals surface area contributed by atoms with Crippen molar-refractivity contribution in [1.82, 2.24) is 15.3 Å². The van der Waals surface area contributed by atoms with E-state index in [1.54, 1.807) is 12.1 Å². The number of hydrogen-bond acceptors (Lipinski definition) is 8. The molecule has 232 valence electrons. The third kappa shape index (κ3) is 5.23. The highest BCUT2D eigenvalue weighted by atomic mass is 35.5. The zero-order chi connectivity index (χ0) is 31.4. The summed E-state index contributed by atoms with van der Waals surface area (Å²) in [6, 6.07) is 6.85. The Labute approximate surface area is 259 Å². The van der Waals surface area contributed by atoms with E-state index in [9.17, 15) is 18.4 Å². The lowest BCUT2D eigenvalue weighted by atomic mass is 9.90. The van der Waals surface area contributed by atoms with E-state index in [0.29, 0.717) is 81.6 Å². The minimum atomic E-state index is -2.86. The van der Waals surface area contributed by atoms with Crippen molar-refractivity contribution < 1.29 is 22.6 Å². The molecule has 2 fully saturated rings. The molecule has 8 nitrogen and oxygen atoms in total. The first kappa shape index (κ1) is 30.4. The van der Waals surface area contributed by atoms with E-state index in [2.05, 4.69) is 16.3 Å². The Morgan fingerprint density at radius 2 is 2.00 bits per heavy atom. The molecule has 12 heteroatoms. The van der Waals surface area contributed by atoms with Crippen LogP contribution in [0, 0.1) is 29.5 Å². The first-order valence-corrected chi connectivity index (χ1v) is 15.1. The van der Waals surface area contributed by atoms with Gasteiger partial charge in [-0.15, -0.1) is 0 Å². The number of alkyl halides is 2. The van der Waals surface area contributed by atoms with E-state index in [4.69, 9.17) is 36.8 Å². The van der Waals surface area contributed by atoms with E-state index in [0.717, 1.165) is 6.42 Å². The number of aryl methyl sites for hydroxylation is 1. The summed E-state index contributed by atoms with van der Waals surface area (Å²) in [4.78, 5) is 11.5. The van der Waals surface area contributed by atoms with Crippen molar-refractivity contribution in [3.8, 4) is 23.2 Å². The molecule has 2 heterocycles. The number of fused-ring (bicyclic) bond motifs is 2. The van der Waals surface area contributed by atoms with Gasteiger partial charge in [0, 0.05) is 77.9 Å². The third-order valence-electron chi connectivity index (χ3n) is 8.78. The number of nitrogens with zero attached hydrogens (tertiary/aromatic N) is 4. The fraction of sp³-hybridized carbons (Fsp3) is 0.469. The van der Waals surface area contributed by atoms with Crippen LogP contribution in [-0.2, 0) is 11.2 Å². The van der Waals surface area contributed by atoms with Crippen LogP contribution in [0.15, 0.2) is 23.9 Å². The first-order valence-electron chi connectivity index (χ1n) is 14.7. The van der Waals surface area contributed by atoms with Crippen LogP contribution in [0.25, 0.3) is 27.6 Å². The van der Waals surface area contributed by atoms with E-state index in [1.807, 2.05) is 20.8 Å². The average Bonchev–Trinajstić information content (AvgIpc) is 3.51. The van der Waals surface area contributed by atoms with Gasteiger partial charge in [-0.2, -0.15) is 15.2 Å². The Morgan fingerprint density at radius 3 is 2.70 bits per heavy atom. The number of nitriles is 1. The zero-order valence-corrected chi connectivity index (χ0v) is 25.6. The van der Waals surface area contributed by atoms with Crippen molar-refractivity contribution in [2.24, 2.45) is 11.1 Å². The van der Waals surface area contributed by atoms with Crippen LogP contribution in [0.3, 0.4) is 0 Å². The molecule has 2 aliphatic carbocycles. The molecule has 0 spiro atoms. The number of hydrogen-bond donors (Lipinski definition) is 2. The zero-order valence-electron chi connectivity index (χ0n) is 24.9. The van der Waals surface area contributed by atoms with E-state index < -0.39 is 17.2 Å². The Bertz CT molecular complexity index is 1710. The first-order chi connectivity index (χ1) is 21.0. The summed E-state index contributed by atoms with van der Waals surface area (Å²) >= 11 is 6.97. The van der Waals surface area contributed by atoms with Crippen molar-refractivity contribution in [3.63, 3.8) is 0 Å². The maximum absolute atomic E-state index is 14.9. The SMILES string of the molecule is Cc1c(-c2ccc(F)c3c2C(C#N)=C(N)C3)c(Cl)cc2c(N3CCCOCC3)nc(OC[C@]3(CNC(C)C)CC3(F)F)nc12. The second-order valence-corrected chi connectivity index (χ2v) is 12.6. The molecule has 0 amide bonds. The second-order valence-electron chi connectivity index (χ2n) is 12.2. The number of allylic oxidation sites excluding steroid dienone is 2. The summed E-state index contributed by atoms with van der Waals surface area (Å²) in [6.45, 7) is 7.83. The fourth-order valence-electron chi connectivity index (χ4n) is 6.19. The van der Waals surface area contributed by atoms with Crippen LogP contribution in [0.5, 0.6) is 6.01 Å². The van der Waals surface area contributed by atoms with E-state index >= 15 is 0 Å². The normalized spacial score (nSPS) is 21.0. The van der Waals surface area contributed by atoms with Crippen molar-refractivity contribution in [2.75, 3.05) is 44.4 Å². The van der Waals surface area contributed by atoms with Gasteiger partial charge in [-0.05, 0) is 36.6 Å². The smallest absolute Gasteiger partial charge is 0.318 e. The molecule has 0 bridgehead atoms. The standard InChI is InChI=1S/C32H34ClF3N6O2/c1-17(2)39-15-31(14-32(31,35)36)16-44-30-40-28-18(3)26(19-5-6-24(34)20-12-25(38)22(13-37)27(19)20)23(33)11-21(28)29(41-30)42-7-4-9-43-10-8-42/h5-6,11,17,39H,4,7-10,12,14-16,38H2,1-3H3/t31-/m1/s1. The van der Waals surface area contributed by atoms with Crippen LogP contribution in [0.4, 0.5) is 19.0 Å². The number of nitrogens with two attached hydrogens (primary N) is 1. The van der Waals surface area contributed by atoms with Gasteiger partial charge in [0.2, 0.25) is 0 Å². The molecule has 3 N–H and O–H groups in total. The van der Waals surface area contributed by atoms with Gasteiger partial charge in [0.15, 0.2) is 0 Å². The molecule has 1 saturated carbocycles. The predicted molar refractivity (Wildman–Crippen MR) is 163 cm³/mol. The molecule has 44 heavy (non-hydrogen) atoms. The molecule has 1 saturated heterocycles. The maximum Gasteiger partial charge on any atom is 0.318 e. The molecule has 1 aliphatic heterocycles. The average molecular weight is 627 g/mol. The molecule has 0 radical (unpaired) electrons. The molecule has 2 aromatic carbocycles.